The highest BCUT2D eigenvalue weighted by atomic mass is 16.1. The van der Waals surface area contributed by atoms with Gasteiger partial charge in [0.25, 0.3) is 0 Å². The van der Waals surface area contributed by atoms with E-state index in [0.29, 0.717) is 19.0 Å². The summed E-state index contributed by atoms with van der Waals surface area (Å²) >= 11 is 0. The Hall–Kier alpha value is -1.39. The fourth-order valence-electron chi connectivity index (χ4n) is 1.86. The molecule has 0 radical (unpaired) electrons. The number of nitrogens with zero attached hydrogens (tertiary/aromatic N) is 1. The second-order valence-electron chi connectivity index (χ2n) is 5.48. The Kier molecular flexibility index (Phi) is 7.26. The highest BCUT2D eigenvalue weighted by molar-refractivity contribution is 5.78. The molecule has 0 bridgehead atoms. The van der Waals surface area contributed by atoms with Crippen LogP contribution in [0.5, 0.6) is 0 Å². The fraction of sp³-hybridized carbons (Fsp3) is 0.562. The molecule has 1 rings (SSSR count). The lowest BCUT2D eigenvalue weighted by Gasteiger charge is -2.20. The van der Waals surface area contributed by atoms with Crippen molar-refractivity contribution in [1.82, 2.24) is 10.2 Å². The van der Waals surface area contributed by atoms with Crippen molar-refractivity contribution in [3.05, 3.63) is 35.4 Å². The maximum atomic E-state index is 11.8. The molecule has 0 aliphatic rings. The van der Waals surface area contributed by atoms with Gasteiger partial charge in [-0.15, -0.1) is 0 Å². The van der Waals surface area contributed by atoms with Gasteiger partial charge >= 0.3 is 0 Å². The number of nitrogens with two attached hydrogens (primary N) is 1. The third kappa shape index (κ3) is 6.17. The SMILES string of the molecule is CC(C)N(C)CCCNC(=O)Cc1ccc(CN)cc1. The average Bonchev–Trinajstić information content (AvgIpc) is 2.44. The lowest BCUT2D eigenvalue weighted by molar-refractivity contribution is -0.120. The second-order valence-corrected chi connectivity index (χ2v) is 5.48. The van der Waals surface area contributed by atoms with E-state index in [1.165, 1.54) is 0 Å². The lowest BCUT2D eigenvalue weighted by atomic mass is 10.1. The summed E-state index contributed by atoms with van der Waals surface area (Å²) in [6, 6.07) is 8.43. The van der Waals surface area contributed by atoms with Crippen LogP contribution in [0.1, 0.15) is 31.4 Å². The minimum Gasteiger partial charge on any atom is -0.356 e. The molecule has 0 aliphatic carbocycles. The average molecular weight is 277 g/mol. The summed E-state index contributed by atoms with van der Waals surface area (Å²) in [5, 5.41) is 2.96. The van der Waals surface area contributed by atoms with E-state index in [4.69, 9.17) is 5.73 Å². The monoisotopic (exact) mass is 277 g/mol. The van der Waals surface area contributed by atoms with Gasteiger partial charge in [-0.2, -0.15) is 0 Å². The topological polar surface area (TPSA) is 58.4 Å². The van der Waals surface area contributed by atoms with Gasteiger partial charge in [0.15, 0.2) is 0 Å². The van der Waals surface area contributed by atoms with Gasteiger partial charge in [-0.1, -0.05) is 24.3 Å². The van der Waals surface area contributed by atoms with Crippen LogP contribution in [-0.4, -0.2) is 37.0 Å². The smallest absolute Gasteiger partial charge is 0.224 e. The van der Waals surface area contributed by atoms with Gasteiger partial charge in [-0.05, 0) is 45.0 Å². The van der Waals surface area contributed by atoms with Crippen LogP contribution in [0.15, 0.2) is 24.3 Å². The Labute approximate surface area is 122 Å². The first-order chi connectivity index (χ1) is 9.52. The largest absolute Gasteiger partial charge is 0.356 e. The van der Waals surface area contributed by atoms with Gasteiger partial charge in [0.05, 0.1) is 6.42 Å². The summed E-state index contributed by atoms with van der Waals surface area (Å²) in [5.41, 5.74) is 7.66. The molecule has 0 heterocycles. The Balaban J connectivity index is 2.23. The quantitative estimate of drug-likeness (QED) is 0.709. The summed E-state index contributed by atoms with van der Waals surface area (Å²) in [4.78, 5) is 14.1. The number of hydrogen-bond donors (Lipinski definition) is 2. The lowest BCUT2D eigenvalue weighted by Crippen LogP contribution is -2.31. The minimum absolute atomic E-state index is 0.0812. The predicted molar refractivity (Wildman–Crippen MR) is 83.4 cm³/mol. The first-order valence-corrected chi connectivity index (χ1v) is 7.27. The number of nitrogens with one attached hydrogen (secondary N) is 1. The van der Waals surface area contributed by atoms with Crippen LogP contribution in [0.3, 0.4) is 0 Å². The molecule has 0 spiro atoms. The van der Waals surface area contributed by atoms with Gasteiger partial charge < -0.3 is 16.0 Å². The molecule has 1 aromatic rings. The molecule has 0 aromatic heterocycles. The number of amides is 1. The molecule has 4 nitrogen and oxygen atoms in total. The molecule has 20 heavy (non-hydrogen) atoms. The van der Waals surface area contributed by atoms with E-state index < -0.39 is 0 Å². The molecule has 1 amide bonds. The minimum atomic E-state index is 0.0812. The molecule has 0 fully saturated rings. The molecular formula is C16H27N3O. The van der Waals surface area contributed by atoms with Gasteiger partial charge in [0.1, 0.15) is 0 Å². The van der Waals surface area contributed by atoms with Crippen LogP contribution in [0.25, 0.3) is 0 Å². The van der Waals surface area contributed by atoms with Crippen molar-refractivity contribution < 1.29 is 4.79 Å². The van der Waals surface area contributed by atoms with Crippen molar-refractivity contribution >= 4 is 5.91 Å². The predicted octanol–water partition coefficient (Wildman–Crippen LogP) is 1.53. The van der Waals surface area contributed by atoms with Crippen LogP contribution >= 0.6 is 0 Å². The maximum Gasteiger partial charge on any atom is 0.224 e. The first-order valence-electron chi connectivity index (χ1n) is 7.27. The molecule has 0 saturated heterocycles. The number of carbonyl (C=O) groups excluding carboxylic acids is 1. The molecule has 0 unspecified atom stereocenters. The first kappa shape index (κ1) is 16.7. The zero-order chi connectivity index (χ0) is 15.0. The summed E-state index contributed by atoms with van der Waals surface area (Å²) in [5.74, 6) is 0.0812. The molecule has 0 saturated carbocycles. The second kappa shape index (κ2) is 8.72. The Morgan fingerprint density at radius 1 is 1.25 bits per heavy atom. The molecule has 3 N–H and O–H groups in total. The van der Waals surface area contributed by atoms with E-state index in [2.05, 4.69) is 31.1 Å². The van der Waals surface area contributed by atoms with Crippen LogP contribution in [0, 0.1) is 0 Å². The highest BCUT2D eigenvalue weighted by Crippen LogP contribution is 2.04. The molecule has 0 aliphatic heterocycles. The van der Waals surface area contributed by atoms with Crippen LogP contribution in [0.2, 0.25) is 0 Å². The van der Waals surface area contributed by atoms with Gasteiger partial charge in [-0.3, -0.25) is 4.79 Å². The third-order valence-corrected chi connectivity index (χ3v) is 3.51. The molecule has 1 aromatic carbocycles. The number of rotatable bonds is 8. The number of benzene rings is 1. The summed E-state index contributed by atoms with van der Waals surface area (Å²) in [6.07, 6.45) is 1.41. The summed E-state index contributed by atoms with van der Waals surface area (Å²) in [6.45, 7) is 6.61. The summed E-state index contributed by atoms with van der Waals surface area (Å²) in [7, 11) is 2.10. The van der Waals surface area contributed by atoms with E-state index in [0.717, 1.165) is 30.6 Å². The molecule has 0 atom stereocenters. The van der Waals surface area contributed by atoms with Crippen molar-refractivity contribution in [1.29, 1.82) is 0 Å². The Morgan fingerprint density at radius 3 is 2.40 bits per heavy atom. The van der Waals surface area contributed by atoms with E-state index in [1.54, 1.807) is 0 Å². The van der Waals surface area contributed by atoms with Crippen LogP contribution < -0.4 is 11.1 Å². The standard InChI is InChI=1S/C16H27N3O/c1-13(2)19(3)10-4-9-18-16(20)11-14-5-7-15(12-17)8-6-14/h5-8,13H,4,9-12,17H2,1-3H3,(H,18,20). The normalized spacial score (nSPS) is 11.1. The number of hydrogen-bond acceptors (Lipinski definition) is 3. The van der Waals surface area contributed by atoms with Crippen LogP contribution in [-0.2, 0) is 17.8 Å². The maximum absolute atomic E-state index is 11.8. The van der Waals surface area contributed by atoms with Gasteiger partial charge in [-0.25, -0.2) is 0 Å². The molecular weight excluding hydrogens is 250 g/mol. The van der Waals surface area contributed by atoms with E-state index >= 15 is 0 Å². The Bertz CT molecular complexity index is 401. The van der Waals surface area contributed by atoms with Crippen molar-refractivity contribution in [3.63, 3.8) is 0 Å². The van der Waals surface area contributed by atoms with E-state index in [1.807, 2.05) is 24.3 Å². The molecule has 112 valence electrons. The van der Waals surface area contributed by atoms with Crippen molar-refractivity contribution in [2.24, 2.45) is 5.73 Å². The van der Waals surface area contributed by atoms with E-state index in [9.17, 15) is 4.79 Å². The zero-order valence-electron chi connectivity index (χ0n) is 12.9. The Morgan fingerprint density at radius 2 is 1.85 bits per heavy atom. The van der Waals surface area contributed by atoms with Gasteiger partial charge in [0, 0.05) is 19.1 Å². The van der Waals surface area contributed by atoms with E-state index in [-0.39, 0.29) is 5.91 Å². The van der Waals surface area contributed by atoms with Crippen LogP contribution in [0.4, 0.5) is 0 Å². The fourth-order valence-corrected chi connectivity index (χ4v) is 1.86. The zero-order valence-corrected chi connectivity index (χ0v) is 12.9. The van der Waals surface area contributed by atoms with Gasteiger partial charge in [0.2, 0.25) is 5.91 Å². The van der Waals surface area contributed by atoms with Crippen molar-refractivity contribution in [2.75, 3.05) is 20.1 Å². The third-order valence-electron chi connectivity index (χ3n) is 3.51. The van der Waals surface area contributed by atoms with Crippen molar-refractivity contribution in [2.45, 2.75) is 39.3 Å². The summed E-state index contributed by atoms with van der Waals surface area (Å²) < 4.78 is 0. The highest BCUT2D eigenvalue weighted by Gasteiger charge is 2.05. The van der Waals surface area contributed by atoms with Crippen molar-refractivity contribution in [3.8, 4) is 0 Å². The molecule has 4 heteroatoms. The number of carbonyl (C=O) groups is 1.